The van der Waals surface area contributed by atoms with Crippen LogP contribution in [0.1, 0.15) is 11.4 Å². The minimum atomic E-state index is 0.696. The number of nitrogens with two attached hydrogens (primary N) is 1. The summed E-state index contributed by atoms with van der Waals surface area (Å²) in [7, 11) is 1.67. The average Bonchev–Trinajstić information content (AvgIpc) is 2.94. The molecule has 0 unspecified atom stereocenters. The van der Waals surface area contributed by atoms with Crippen molar-refractivity contribution in [3.63, 3.8) is 0 Å². The van der Waals surface area contributed by atoms with Crippen LogP contribution in [0.25, 0.3) is 9.88 Å². The number of ether oxygens (including phenoxy) is 1. The third kappa shape index (κ3) is 2.58. The summed E-state index contributed by atoms with van der Waals surface area (Å²) in [5.41, 5.74) is 5.46. The summed E-state index contributed by atoms with van der Waals surface area (Å²) in [6, 6.07) is 1.98. The first-order valence-electron chi connectivity index (χ1n) is 4.99. The van der Waals surface area contributed by atoms with Gasteiger partial charge in [0.2, 0.25) is 0 Å². The number of nitrogens with zero attached hydrogens (tertiary/aromatic N) is 2. The zero-order valence-electron chi connectivity index (χ0n) is 8.97. The van der Waals surface area contributed by atoms with Gasteiger partial charge in [0.15, 0.2) is 5.01 Å². The lowest BCUT2D eigenvalue weighted by Gasteiger charge is -1.90. The summed E-state index contributed by atoms with van der Waals surface area (Å²) in [4.78, 5) is 1.10. The van der Waals surface area contributed by atoms with E-state index in [1.54, 1.807) is 29.8 Å². The molecule has 0 bridgehead atoms. The first kappa shape index (κ1) is 11.5. The lowest BCUT2D eigenvalue weighted by atomic mass is 10.3. The number of rotatable bonds is 5. The Hall–Kier alpha value is -0.980. The Labute approximate surface area is 102 Å². The second-order valence-corrected chi connectivity index (χ2v) is 5.22. The third-order valence-electron chi connectivity index (χ3n) is 2.08. The van der Waals surface area contributed by atoms with Gasteiger partial charge in [-0.25, -0.2) is 0 Å². The Morgan fingerprint density at radius 1 is 1.44 bits per heavy atom. The lowest BCUT2D eigenvalue weighted by molar-refractivity contribution is 0.417. The van der Waals surface area contributed by atoms with E-state index in [0.29, 0.717) is 6.54 Å². The second-order valence-electron chi connectivity index (χ2n) is 3.24. The molecule has 0 amide bonds. The predicted molar refractivity (Wildman–Crippen MR) is 67.1 cm³/mol. The summed E-state index contributed by atoms with van der Waals surface area (Å²) < 4.78 is 5.14. The van der Waals surface area contributed by atoms with Crippen LogP contribution in [0.3, 0.4) is 0 Å². The summed E-state index contributed by atoms with van der Waals surface area (Å²) in [5, 5.41) is 12.3. The van der Waals surface area contributed by atoms with E-state index in [4.69, 9.17) is 10.5 Å². The van der Waals surface area contributed by atoms with E-state index in [1.807, 2.05) is 11.4 Å². The minimum absolute atomic E-state index is 0.696. The van der Waals surface area contributed by atoms with Crippen molar-refractivity contribution in [1.82, 2.24) is 10.2 Å². The number of methoxy groups -OCH3 is 1. The summed E-state index contributed by atoms with van der Waals surface area (Å²) in [6.45, 7) is 0.696. The summed E-state index contributed by atoms with van der Waals surface area (Å²) in [6.07, 6.45) is 1.87. The van der Waals surface area contributed by atoms with Gasteiger partial charge in [-0.15, -0.1) is 21.5 Å². The van der Waals surface area contributed by atoms with Gasteiger partial charge >= 0.3 is 0 Å². The Balaban J connectivity index is 2.11. The Morgan fingerprint density at radius 3 is 3.00 bits per heavy atom. The molecule has 16 heavy (non-hydrogen) atoms. The number of hydrogen-bond acceptors (Lipinski definition) is 6. The fourth-order valence-corrected chi connectivity index (χ4v) is 3.04. The molecule has 2 aromatic rings. The number of hydrogen-bond donors (Lipinski definition) is 1. The van der Waals surface area contributed by atoms with Crippen LogP contribution >= 0.6 is 22.7 Å². The first-order valence-corrected chi connectivity index (χ1v) is 6.68. The third-order valence-corrected chi connectivity index (χ3v) is 4.14. The molecule has 2 rings (SSSR count). The normalized spacial score (nSPS) is 10.6. The van der Waals surface area contributed by atoms with Crippen molar-refractivity contribution in [2.45, 2.75) is 12.8 Å². The van der Waals surface area contributed by atoms with E-state index in [2.05, 4.69) is 10.2 Å². The van der Waals surface area contributed by atoms with Gasteiger partial charge in [-0.2, -0.15) is 0 Å². The van der Waals surface area contributed by atoms with Gasteiger partial charge in [-0.3, -0.25) is 0 Å². The van der Waals surface area contributed by atoms with Crippen molar-refractivity contribution in [2.75, 3.05) is 13.7 Å². The monoisotopic (exact) mass is 255 g/mol. The first-order chi connectivity index (χ1) is 7.83. The van der Waals surface area contributed by atoms with Gasteiger partial charge in [-0.1, -0.05) is 11.3 Å². The second kappa shape index (κ2) is 5.38. The summed E-state index contributed by atoms with van der Waals surface area (Å²) in [5.74, 6) is 0.874. The smallest absolute Gasteiger partial charge is 0.157 e. The van der Waals surface area contributed by atoms with Crippen LogP contribution in [-0.2, 0) is 6.42 Å². The maximum absolute atomic E-state index is 5.46. The highest BCUT2D eigenvalue weighted by atomic mass is 32.1. The van der Waals surface area contributed by atoms with Crippen molar-refractivity contribution in [3.05, 3.63) is 16.5 Å². The summed E-state index contributed by atoms with van der Waals surface area (Å²) >= 11 is 3.25. The van der Waals surface area contributed by atoms with Crippen molar-refractivity contribution < 1.29 is 4.74 Å². The SMILES string of the molecule is COc1csc(-c2nnc(CCCN)s2)c1. The van der Waals surface area contributed by atoms with Gasteiger partial charge in [-0.05, 0) is 13.0 Å². The molecule has 0 spiro atoms. The molecule has 0 aliphatic rings. The zero-order chi connectivity index (χ0) is 11.4. The molecule has 0 atom stereocenters. The van der Waals surface area contributed by atoms with E-state index >= 15 is 0 Å². The molecule has 2 N–H and O–H groups in total. The van der Waals surface area contributed by atoms with E-state index < -0.39 is 0 Å². The van der Waals surface area contributed by atoms with Gasteiger partial charge < -0.3 is 10.5 Å². The molecule has 0 aliphatic carbocycles. The molecular weight excluding hydrogens is 242 g/mol. The standard InChI is InChI=1S/C10H13N3OS2/c1-14-7-5-8(15-6-7)10-13-12-9(16-10)3-2-4-11/h5-6H,2-4,11H2,1H3. The molecule has 0 saturated heterocycles. The molecule has 0 saturated carbocycles. The zero-order valence-corrected chi connectivity index (χ0v) is 10.6. The van der Waals surface area contributed by atoms with Crippen LogP contribution < -0.4 is 10.5 Å². The molecule has 2 heterocycles. The molecule has 2 aromatic heterocycles. The number of thiophene rings is 1. The number of aromatic nitrogens is 2. The Bertz CT molecular complexity index is 452. The predicted octanol–water partition coefficient (Wildman–Crippen LogP) is 2.17. The van der Waals surface area contributed by atoms with Crippen LogP contribution in [-0.4, -0.2) is 23.9 Å². The van der Waals surface area contributed by atoms with Gasteiger partial charge in [0.25, 0.3) is 0 Å². The Kier molecular flexibility index (Phi) is 3.87. The van der Waals surface area contributed by atoms with Crippen LogP contribution in [0.2, 0.25) is 0 Å². The highest BCUT2D eigenvalue weighted by Crippen LogP contribution is 2.32. The molecule has 0 radical (unpaired) electrons. The van der Waals surface area contributed by atoms with Crippen LogP contribution in [0.15, 0.2) is 11.4 Å². The highest BCUT2D eigenvalue weighted by molar-refractivity contribution is 7.20. The molecule has 4 nitrogen and oxygen atoms in total. The molecule has 0 aromatic carbocycles. The van der Waals surface area contributed by atoms with Gasteiger partial charge in [0.05, 0.1) is 12.0 Å². The Morgan fingerprint density at radius 2 is 2.31 bits per heavy atom. The maximum atomic E-state index is 5.46. The van der Waals surface area contributed by atoms with Crippen LogP contribution in [0.5, 0.6) is 5.75 Å². The topological polar surface area (TPSA) is 61.0 Å². The lowest BCUT2D eigenvalue weighted by Crippen LogP contribution is -1.99. The van der Waals surface area contributed by atoms with E-state index in [0.717, 1.165) is 33.5 Å². The van der Waals surface area contributed by atoms with Crippen molar-refractivity contribution in [2.24, 2.45) is 5.73 Å². The van der Waals surface area contributed by atoms with Gasteiger partial charge in [0, 0.05) is 17.9 Å². The average molecular weight is 255 g/mol. The van der Waals surface area contributed by atoms with Crippen molar-refractivity contribution in [1.29, 1.82) is 0 Å². The molecule has 0 aliphatic heterocycles. The fourth-order valence-electron chi connectivity index (χ4n) is 1.25. The number of aryl methyl sites for hydroxylation is 1. The molecule has 86 valence electrons. The van der Waals surface area contributed by atoms with Crippen LogP contribution in [0.4, 0.5) is 0 Å². The largest absolute Gasteiger partial charge is 0.496 e. The van der Waals surface area contributed by atoms with Crippen molar-refractivity contribution in [3.8, 4) is 15.6 Å². The van der Waals surface area contributed by atoms with Crippen LogP contribution in [0, 0.1) is 0 Å². The highest BCUT2D eigenvalue weighted by Gasteiger charge is 2.09. The fraction of sp³-hybridized carbons (Fsp3) is 0.400. The molecular formula is C10H13N3OS2. The van der Waals surface area contributed by atoms with E-state index in [9.17, 15) is 0 Å². The maximum Gasteiger partial charge on any atom is 0.157 e. The van der Waals surface area contributed by atoms with Gasteiger partial charge in [0.1, 0.15) is 10.8 Å². The quantitative estimate of drug-likeness (QED) is 0.889. The van der Waals surface area contributed by atoms with E-state index in [-0.39, 0.29) is 0 Å². The van der Waals surface area contributed by atoms with Crippen molar-refractivity contribution >= 4 is 22.7 Å². The molecule has 6 heteroatoms. The minimum Gasteiger partial charge on any atom is -0.496 e. The molecule has 0 fully saturated rings. The van der Waals surface area contributed by atoms with E-state index in [1.165, 1.54) is 0 Å².